The van der Waals surface area contributed by atoms with Crippen molar-refractivity contribution in [3.8, 4) is 0 Å². The zero-order valence-corrected chi connectivity index (χ0v) is 18.1. The van der Waals surface area contributed by atoms with Crippen LogP contribution < -0.4 is 16.5 Å². The number of hydrogen-bond donors (Lipinski definition) is 3. The highest BCUT2D eigenvalue weighted by Crippen LogP contribution is 2.39. The third-order valence-corrected chi connectivity index (χ3v) is 4.97. The van der Waals surface area contributed by atoms with Gasteiger partial charge in [-0.25, -0.2) is 4.79 Å². The third-order valence-electron chi connectivity index (χ3n) is 4.88. The van der Waals surface area contributed by atoms with Crippen LogP contribution in [0.3, 0.4) is 0 Å². The van der Waals surface area contributed by atoms with E-state index >= 15 is 0 Å². The van der Waals surface area contributed by atoms with Gasteiger partial charge in [0.1, 0.15) is 5.76 Å². The summed E-state index contributed by atoms with van der Waals surface area (Å²) >= 11 is 4.85. The smallest absolute Gasteiger partial charge is 0.339 e. The van der Waals surface area contributed by atoms with Crippen LogP contribution in [0.15, 0.2) is 33.8 Å². The molecule has 0 unspecified atom stereocenters. The maximum Gasteiger partial charge on any atom is 0.339 e. The molecule has 0 saturated heterocycles. The Kier molecular flexibility index (Phi) is 5.93. The van der Waals surface area contributed by atoms with Crippen molar-refractivity contribution in [2.75, 3.05) is 12.4 Å². The number of methoxy groups -OCH3 is 1. The number of anilines is 1. The van der Waals surface area contributed by atoms with Crippen molar-refractivity contribution in [1.82, 2.24) is 5.43 Å². The normalized spacial score (nSPS) is 15.9. The minimum absolute atomic E-state index is 0.0611. The first kappa shape index (κ1) is 21.5. The maximum absolute atomic E-state index is 13.0. The van der Waals surface area contributed by atoms with Gasteiger partial charge in [0, 0.05) is 17.5 Å². The summed E-state index contributed by atoms with van der Waals surface area (Å²) in [7, 11) is 1.29. The average Bonchev–Trinajstić information content (AvgIpc) is 3.01. The topological polar surface area (TPSA) is 119 Å². The predicted molar refractivity (Wildman–Crippen MR) is 118 cm³/mol. The second-order valence-corrected chi connectivity index (χ2v) is 8.34. The van der Waals surface area contributed by atoms with Gasteiger partial charge in [-0.2, -0.15) is 5.10 Å². The summed E-state index contributed by atoms with van der Waals surface area (Å²) in [6.07, 6.45) is 1.32. The Morgan fingerprint density at radius 1 is 1.27 bits per heavy atom. The van der Waals surface area contributed by atoms with Gasteiger partial charge >= 0.3 is 5.97 Å². The number of hydrazone groups is 1. The molecule has 0 spiro atoms. The number of esters is 1. The molecule has 1 aromatic heterocycles. The molecule has 4 N–H and O–H groups in total. The van der Waals surface area contributed by atoms with E-state index in [0.717, 1.165) is 11.3 Å². The molecule has 0 saturated carbocycles. The van der Waals surface area contributed by atoms with Gasteiger partial charge in [0.15, 0.2) is 10.9 Å². The van der Waals surface area contributed by atoms with Crippen molar-refractivity contribution >= 4 is 40.6 Å². The zero-order valence-electron chi connectivity index (χ0n) is 17.3. The Morgan fingerprint density at radius 3 is 2.63 bits per heavy atom. The number of ether oxygens (including phenoxy) is 1. The molecule has 8 nitrogen and oxygen atoms in total. The Labute approximate surface area is 179 Å². The molecule has 0 radical (unpaired) electrons. The van der Waals surface area contributed by atoms with Crippen LogP contribution in [0, 0.1) is 12.3 Å². The molecule has 1 aromatic carbocycles. The molecular formula is C21H24N4O4S. The van der Waals surface area contributed by atoms with Gasteiger partial charge in [-0.05, 0) is 43.1 Å². The van der Waals surface area contributed by atoms with Crippen molar-refractivity contribution in [1.29, 1.82) is 0 Å². The lowest BCUT2D eigenvalue weighted by molar-refractivity contribution is 0.0602. The van der Waals surface area contributed by atoms with Gasteiger partial charge in [-0.1, -0.05) is 26.0 Å². The molecular weight excluding hydrogens is 404 g/mol. The molecule has 2 aromatic rings. The van der Waals surface area contributed by atoms with E-state index in [4.69, 9.17) is 27.1 Å². The lowest BCUT2D eigenvalue weighted by Crippen LogP contribution is -2.31. The predicted octanol–water partition coefficient (Wildman–Crippen LogP) is 3.14. The van der Waals surface area contributed by atoms with Gasteiger partial charge in [-0.3, -0.25) is 10.2 Å². The number of fused-ring (bicyclic) bond motifs is 1. The first-order valence-corrected chi connectivity index (χ1v) is 9.77. The number of thiocarbonyl (C=S) groups is 1. The zero-order chi connectivity index (χ0) is 22.1. The van der Waals surface area contributed by atoms with E-state index in [-0.39, 0.29) is 21.9 Å². The molecule has 0 bridgehead atoms. The Balaban J connectivity index is 1.98. The summed E-state index contributed by atoms with van der Waals surface area (Å²) in [5, 5.41) is 7.14. The number of carbonyl (C=O) groups is 2. The number of furan rings is 1. The van der Waals surface area contributed by atoms with Gasteiger partial charge in [0.2, 0.25) is 0 Å². The second kappa shape index (κ2) is 8.27. The molecule has 158 valence electrons. The fourth-order valence-corrected chi connectivity index (χ4v) is 3.65. The average molecular weight is 429 g/mol. The van der Waals surface area contributed by atoms with E-state index in [0.29, 0.717) is 29.9 Å². The summed E-state index contributed by atoms with van der Waals surface area (Å²) in [5.41, 5.74) is 10.8. The molecule has 0 fully saturated rings. The molecule has 0 aliphatic heterocycles. The molecule has 1 aliphatic carbocycles. The maximum atomic E-state index is 13.0. The highest BCUT2D eigenvalue weighted by atomic mass is 32.1. The minimum atomic E-state index is -0.540. The van der Waals surface area contributed by atoms with E-state index in [2.05, 4.69) is 29.7 Å². The largest absolute Gasteiger partial charge is 0.465 e. The van der Waals surface area contributed by atoms with Crippen molar-refractivity contribution in [2.24, 2.45) is 16.3 Å². The molecule has 9 heteroatoms. The summed E-state index contributed by atoms with van der Waals surface area (Å²) in [6, 6.07) is 6.62. The summed E-state index contributed by atoms with van der Waals surface area (Å²) < 4.78 is 10.7. The summed E-state index contributed by atoms with van der Waals surface area (Å²) in [6.45, 7) is 5.99. The van der Waals surface area contributed by atoms with Gasteiger partial charge in [0.05, 0.1) is 24.1 Å². The molecule has 1 amide bonds. The number of para-hydroxylation sites is 1. The molecule has 3 rings (SSSR count). The Bertz CT molecular complexity index is 1060. The first-order valence-electron chi connectivity index (χ1n) is 9.36. The lowest BCUT2D eigenvalue weighted by Gasteiger charge is -2.29. The summed E-state index contributed by atoms with van der Waals surface area (Å²) in [5.74, 6) is -0.155. The number of carbonyl (C=O) groups excluding carboxylic acids is 2. The van der Waals surface area contributed by atoms with E-state index in [1.807, 2.05) is 0 Å². The van der Waals surface area contributed by atoms with E-state index < -0.39 is 11.9 Å². The molecule has 0 atom stereocenters. The molecule has 1 heterocycles. The quantitative estimate of drug-likeness (QED) is 0.389. The number of hydrogen-bond acceptors (Lipinski definition) is 6. The number of amides is 1. The van der Waals surface area contributed by atoms with Gasteiger partial charge in [-0.15, -0.1) is 0 Å². The van der Waals surface area contributed by atoms with E-state index in [1.54, 1.807) is 31.2 Å². The number of benzene rings is 1. The van der Waals surface area contributed by atoms with E-state index in [1.165, 1.54) is 7.11 Å². The fourth-order valence-electron chi connectivity index (χ4n) is 3.61. The lowest BCUT2D eigenvalue weighted by atomic mass is 9.75. The standard InChI is InChI=1S/C21H24N4O4S/c1-11-16-14(24-25-20(22)30)9-21(2,3)10-15(16)29-17(11)18(26)23-13-8-6-5-7-12(13)19(27)28-4/h5-8H,9-10H2,1-4H3,(H,23,26)(H3,22,25,30)/b24-14-. The van der Waals surface area contributed by atoms with E-state index in [9.17, 15) is 9.59 Å². The molecule has 1 aliphatic rings. The van der Waals surface area contributed by atoms with Crippen molar-refractivity contribution in [3.63, 3.8) is 0 Å². The van der Waals surface area contributed by atoms with Crippen LogP contribution in [0.25, 0.3) is 0 Å². The number of rotatable bonds is 4. The Hall–Kier alpha value is -3.20. The van der Waals surface area contributed by atoms with Crippen molar-refractivity contribution in [2.45, 2.75) is 33.6 Å². The minimum Gasteiger partial charge on any atom is -0.465 e. The fraction of sp³-hybridized carbons (Fsp3) is 0.333. The number of nitrogens with zero attached hydrogens (tertiary/aromatic N) is 1. The number of nitrogens with one attached hydrogen (secondary N) is 2. The van der Waals surface area contributed by atoms with Crippen LogP contribution in [0.5, 0.6) is 0 Å². The monoisotopic (exact) mass is 428 g/mol. The van der Waals surface area contributed by atoms with Crippen LogP contribution in [0.1, 0.15) is 58.1 Å². The van der Waals surface area contributed by atoms with Crippen LogP contribution in [-0.2, 0) is 11.2 Å². The van der Waals surface area contributed by atoms with Crippen LogP contribution >= 0.6 is 12.2 Å². The second-order valence-electron chi connectivity index (χ2n) is 7.90. The van der Waals surface area contributed by atoms with Crippen LogP contribution in [-0.4, -0.2) is 29.8 Å². The Morgan fingerprint density at radius 2 is 1.97 bits per heavy atom. The van der Waals surface area contributed by atoms with Crippen LogP contribution in [0.4, 0.5) is 5.69 Å². The van der Waals surface area contributed by atoms with Crippen molar-refractivity contribution in [3.05, 3.63) is 52.5 Å². The van der Waals surface area contributed by atoms with Crippen LogP contribution in [0.2, 0.25) is 0 Å². The SMILES string of the molecule is COC(=O)c1ccccc1NC(=O)c1oc2c(c1C)/C(=N\NC(N)=S)CC(C)(C)C2. The van der Waals surface area contributed by atoms with Crippen molar-refractivity contribution < 1.29 is 18.7 Å². The number of nitrogens with two attached hydrogens (primary N) is 1. The third kappa shape index (κ3) is 4.35. The highest BCUT2D eigenvalue weighted by molar-refractivity contribution is 7.80. The van der Waals surface area contributed by atoms with Gasteiger partial charge < -0.3 is 20.2 Å². The first-order chi connectivity index (χ1) is 14.1. The molecule has 30 heavy (non-hydrogen) atoms. The summed E-state index contributed by atoms with van der Waals surface area (Å²) in [4.78, 5) is 25.0. The highest BCUT2D eigenvalue weighted by Gasteiger charge is 2.36. The van der Waals surface area contributed by atoms with Gasteiger partial charge in [0.25, 0.3) is 5.91 Å².